The Bertz CT molecular complexity index is 877. The predicted octanol–water partition coefficient (Wildman–Crippen LogP) is 3.65. The van der Waals surface area contributed by atoms with E-state index in [1.165, 1.54) is 7.11 Å². The van der Waals surface area contributed by atoms with Gasteiger partial charge in [0.05, 0.1) is 12.7 Å². The molecule has 1 N–H and O–H groups in total. The van der Waals surface area contributed by atoms with Crippen LogP contribution in [0.4, 0.5) is 0 Å². The first-order valence-electron chi connectivity index (χ1n) is 6.98. The Morgan fingerprint density at radius 3 is 2.64 bits per heavy atom. The second-order valence-corrected chi connectivity index (χ2v) is 5.38. The van der Waals surface area contributed by atoms with Gasteiger partial charge in [0.25, 0.3) is 0 Å². The molecule has 0 atom stereocenters. The number of benzene rings is 2. The third-order valence-electron chi connectivity index (χ3n) is 3.92. The summed E-state index contributed by atoms with van der Waals surface area (Å²) >= 11 is 0. The van der Waals surface area contributed by atoms with Gasteiger partial charge in [-0.25, -0.2) is 4.79 Å². The highest BCUT2D eigenvalue weighted by molar-refractivity contribution is 6.05. The van der Waals surface area contributed by atoms with Crippen LogP contribution >= 0.6 is 0 Å². The van der Waals surface area contributed by atoms with E-state index in [4.69, 9.17) is 4.74 Å². The number of carbonyl (C=O) groups excluding carboxylic acids is 1. The van der Waals surface area contributed by atoms with Gasteiger partial charge in [-0.3, -0.25) is 0 Å². The number of aromatic nitrogens is 1. The molecule has 0 saturated heterocycles. The summed E-state index contributed by atoms with van der Waals surface area (Å²) in [6.07, 6.45) is 1.78. The molecule has 0 bridgehead atoms. The van der Waals surface area contributed by atoms with Crippen molar-refractivity contribution in [1.29, 1.82) is 0 Å². The second kappa shape index (κ2) is 5.22. The maximum atomic E-state index is 11.8. The van der Waals surface area contributed by atoms with Gasteiger partial charge < -0.3 is 14.4 Å². The van der Waals surface area contributed by atoms with Crippen molar-refractivity contribution in [3.63, 3.8) is 0 Å². The molecule has 2 aromatic carbocycles. The van der Waals surface area contributed by atoms with Crippen molar-refractivity contribution < 1.29 is 14.6 Å². The molecule has 3 aromatic rings. The first-order valence-corrected chi connectivity index (χ1v) is 6.98. The number of carbonyl (C=O) groups is 1. The van der Waals surface area contributed by atoms with Gasteiger partial charge in [0.1, 0.15) is 5.75 Å². The fourth-order valence-electron chi connectivity index (χ4n) is 2.80. The molecule has 0 aliphatic rings. The molecule has 112 valence electrons. The molecule has 0 saturated carbocycles. The number of aryl methyl sites for hydroxylation is 2. The molecular weight excluding hydrogens is 278 g/mol. The Labute approximate surface area is 128 Å². The third-order valence-corrected chi connectivity index (χ3v) is 3.92. The number of fused-ring (bicyclic) bond motifs is 1. The largest absolute Gasteiger partial charge is 0.508 e. The van der Waals surface area contributed by atoms with Crippen molar-refractivity contribution in [2.45, 2.75) is 6.92 Å². The number of nitrogens with zero attached hydrogens (tertiary/aromatic N) is 1. The van der Waals surface area contributed by atoms with Gasteiger partial charge in [-0.2, -0.15) is 0 Å². The lowest BCUT2D eigenvalue weighted by Gasteiger charge is -2.08. The van der Waals surface area contributed by atoms with Crippen LogP contribution in [0, 0.1) is 6.92 Å². The highest BCUT2D eigenvalue weighted by atomic mass is 16.5. The molecule has 4 nitrogen and oxygen atoms in total. The Balaban J connectivity index is 2.18. The molecule has 1 heterocycles. The maximum Gasteiger partial charge on any atom is 0.340 e. The van der Waals surface area contributed by atoms with Crippen molar-refractivity contribution in [3.05, 3.63) is 53.7 Å². The molecular formula is C18H17NO3. The van der Waals surface area contributed by atoms with Gasteiger partial charge in [-0.05, 0) is 41.8 Å². The van der Waals surface area contributed by atoms with Crippen molar-refractivity contribution in [1.82, 2.24) is 4.57 Å². The highest BCUT2D eigenvalue weighted by Gasteiger charge is 2.15. The number of methoxy groups -OCH3 is 1. The van der Waals surface area contributed by atoms with Gasteiger partial charge in [-0.1, -0.05) is 18.2 Å². The first-order chi connectivity index (χ1) is 10.5. The van der Waals surface area contributed by atoms with E-state index in [1.807, 2.05) is 42.8 Å². The lowest BCUT2D eigenvalue weighted by Crippen LogP contribution is -1.99. The van der Waals surface area contributed by atoms with Gasteiger partial charge in [-0.15, -0.1) is 0 Å². The van der Waals surface area contributed by atoms with E-state index in [0.29, 0.717) is 5.56 Å². The summed E-state index contributed by atoms with van der Waals surface area (Å²) in [6, 6.07) is 11.3. The fourth-order valence-corrected chi connectivity index (χ4v) is 2.80. The summed E-state index contributed by atoms with van der Waals surface area (Å²) in [5.41, 5.74) is 4.63. The number of phenols is 1. The van der Waals surface area contributed by atoms with Crippen LogP contribution in [0.1, 0.15) is 15.9 Å². The molecule has 0 aliphatic heterocycles. The number of esters is 1. The summed E-state index contributed by atoms with van der Waals surface area (Å²) in [4.78, 5) is 11.8. The number of hydrogen-bond donors (Lipinski definition) is 1. The third kappa shape index (κ3) is 2.22. The minimum atomic E-state index is -0.334. The summed E-state index contributed by atoms with van der Waals surface area (Å²) in [5, 5.41) is 10.4. The van der Waals surface area contributed by atoms with E-state index < -0.39 is 0 Å². The van der Waals surface area contributed by atoms with Crippen LogP contribution in [0.25, 0.3) is 22.0 Å². The van der Waals surface area contributed by atoms with Crippen LogP contribution in [0.2, 0.25) is 0 Å². The molecule has 4 heteroatoms. The van der Waals surface area contributed by atoms with Crippen LogP contribution < -0.4 is 0 Å². The topological polar surface area (TPSA) is 51.5 Å². The van der Waals surface area contributed by atoms with Crippen LogP contribution in [0.5, 0.6) is 5.75 Å². The van der Waals surface area contributed by atoms with E-state index in [2.05, 4.69) is 0 Å². The maximum absolute atomic E-state index is 11.8. The van der Waals surface area contributed by atoms with Crippen LogP contribution in [0.15, 0.2) is 42.6 Å². The lowest BCUT2D eigenvalue weighted by atomic mass is 9.99. The molecule has 3 rings (SSSR count). The van der Waals surface area contributed by atoms with E-state index >= 15 is 0 Å². The molecule has 0 aliphatic carbocycles. The normalized spacial score (nSPS) is 10.9. The first kappa shape index (κ1) is 14.2. The van der Waals surface area contributed by atoms with Gasteiger partial charge in [0.15, 0.2) is 0 Å². The van der Waals surface area contributed by atoms with Gasteiger partial charge in [0.2, 0.25) is 0 Å². The quantitative estimate of drug-likeness (QED) is 0.734. The summed E-state index contributed by atoms with van der Waals surface area (Å²) in [7, 11) is 3.29. The molecule has 0 unspecified atom stereocenters. The molecule has 0 fully saturated rings. The monoisotopic (exact) mass is 295 g/mol. The predicted molar refractivity (Wildman–Crippen MR) is 86.1 cm³/mol. The minimum Gasteiger partial charge on any atom is -0.508 e. The highest BCUT2D eigenvalue weighted by Crippen LogP contribution is 2.30. The summed E-state index contributed by atoms with van der Waals surface area (Å²) in [5.74, 6) is -0.0756. The Hall–Kier alpha value is -2.75. The summed E-state index contributed by atoms with van der Waals surface area (Å²) in [6.45, 7) is 1.96. The number of rotatable bonds is 2. The van der Waals surface area contributed by atoms with Crippen molar-refractivity contribution >= 4 is 16.9 Å². The Morgan fingerprint density at radius 2 is 1.95 bits per heavy atom. The molecule has 1 aromatic heterocycles. The summed E-state index contributed by atoms with van der Waals surface area (Å²) < 4.78 is 6.74. The van der Waals surface area contributed by atoms with E-state index in [-0.39, 0.29) is 11.7 Å². The van der Waals surface area contributed by atoms with E-state index in [1.54, 1.807) is 18.3 Å². The van der Waals surface area contributed by atoms with Gasteiger partial charge >= 0.3 is 5.97 Å². The van der Waals surface area contributed by atoms with E-state index in [0.717, 1.165) is 27.6 Å². The lowest BCUT2D eigenvalue weighted by molar-refractivity contribution is 0.0603. The van der Waals surface area contributed by atoms with Crippen molar-refractivity contribution in [2.75, 3.05) is 7.11 Å². The number of ether oxygens (including phenoxy) is 1. The molecule has 0 spiro atoms. The minimum absolute atomic E-state index is 0.258. The number of aromatic hydroxyl groups is 1. The van der Waals surface area contributed by atoms with Crippen LogP contribution in [-0.2, 0) is 11.8 Å². The van der Waals surface area contributed by atoms with Crippen LogP contribution in [-0.4, -0.2) is 22.8 Å². The zero-order chi connectivity index (χ0) is 15.9. The average molecular weight is 295 g/mol. The average Bonchev–Trinajstić information content (AvgIpc) is 2.83. The molecule has 0 radical (unpaired) electrons. The molecule has 22 heavy (non-hydrogen) atoms. The Morgan fingerprint density at radius 1 is 1.18 bits per heavy atom. The fraction of sp³-hybridized carbons (Fsp3) is 0.167. The SMILES string of the molecule is COC(=O)c1cn(C)c2cc(-c3ccc(O)cc3C)ccc12. The molecule has 0 amide bonds. The Kier molecular flexibility index (Phi) is 3.37. The number of phenolic OH excluding ortho intramolecular Hbond substituents is 1. The zero-order valence-electron chi connectivity index (χ0n) is 12.8. The second-order valence-electron chi connectivity index (χ2n) is 5.38. The van der Waals surface area contributed by atoms with Crippen molar-refractivity contribution in [2.24, 2.45) is 7.05 Å². The smallest absolute Gasteiger partial charge is 0.340 e. The standard InChI is InChI=1S/C18H17NO3/c1-11-8-13(20)5-7-14(11)12-4-6-15-16(18(21)22-3)10-19(2)17(15)9-12/h4-10,20H,1-3H3. The van der Waals surface area contributed by atoms with E-state index in [9.17, 15) is 9.90 Å². The zero-order valence-corrected chi connectivity index (χ0v) is 12.8. The number of hydrogen-bond acceptors (Lipinski definition) is 3. The van der Waals surface area contributed by atoms with Gasteiger partial charge in [0, 0.05) is 24.1 Å². The van der Waals surface area contributed by atoms with Crippen molar-refractivity contribution in [3.8, 4) is 16.9 Å². The van der Waals surface area contributed by atoms with Crippen LogP contribution in [0.3, 0.4) is 0 Å².